The Morgan fingerprint density at radius 3 is 1.17 bits per heavy atom. The van der Waals surface area contributed by atoms with Gasteiger partial charge in [-0.1, -0.05) is 8.86 Å². The Morgan fingerprint density at radius 2 is 1.06 bits per heavy atom. The number of aromatic nitrogens is 6. The molecule has 0 fully saturated rings. The number of halogens is 1. The third-order valence-corrected chi connectivity index (χ3v) is 5.53. The van der Waals surface area contributed by atoms with Crippen LogP contribution in [0.5, 0.6) is 0 Å². The summed E-state index contributed by atoms with van der Waals surface area (Å²) in [5.41, 5.74) is 7.31. The summed E-state index contributed by atoms with van der Waals surface area (Å²) in [6.07, 6.45) is 0. The van der Waals surface area contributed by atoms with E-state index in [1.165, 1.54) is 19.2 Å². The average Bonchev–Trinajstić information content (AvgIpc) is 3.40. The second-order valence-electron chi connectivity index (χ2n) is 8.15. The number of nitrogens with zero attached hydrogens (tertiary/aromatic N) is 8. The van der Waals surface area contributed by atoms with Gasteiger partial charge in [-0.15, -0.1) is 0 Å². The van der Waals surface area contributed by atoms with Crippen molar-refractivity contribution in [1.82, 2.24) is 38.9 Å². The maximum atomic E-state index is 7.50. The summed E-state index contributed by atoms with van der Waals surface area (Å²) in [5, 5.41) is 14.0. The van der Waals surface area contributed by atoms with Gasteiger partial charge in [0.05, 0.1) is 22.6 Å². The molecule has 3 aromatic rings. The van der Waals surface area contributed by atoms with Gasteiger partial charge < -0.3 is 13.8 Å². The third-order valence-electron chi connectivity index (χ3n) is 4.64. The first-order chi connectivity index (χ1) is 16.3. The molecule has 0 unspecified atom stereocenters. The van der Waals surface area contributed by atoms with E-state index in [1.54, 1.807) is 0 Å². The zero-order valence-electron chi connectivity index (χ0n) is 22.1. The van der Waals surface area contributed by atoms with Gasteiger partial charge >= 0.3 is 45.7 Å². The van der Waals surface area contributed by atoms with Crippen molar-refractivity contribution in [2.24, 2.45) is 0 Å². The van der Waals surface area contributed by atoms with Gasteiger partial charge in [0.25, 0.3) is 7.12 Å². The molecule has 0 aliphatic carbocycles. The Bertz CT molecular complexity index is 1040. The van der Waals surface area contributed by atoms with Gasteiger partial charge in [-0.05, 0) is 105 Å². The zero-order valence-corrected chi connectivity index (χ0v) is 26.8. The van der Waals surface area contributed by atoms with Gasteiger partial charge in [0.2, 0.25) is 0 Å². The molecule has 35 heavy (non-hydrogen) atoms. The second kappa shape index (κ2) is 16.1. The van der Waals surface area contributed by atoms with Crippen molar-refractivity contribution in [2.75, 3.05) is 28.2 Å². The minimum atomic E-state index is -0.226. The van der Waals surface area contributed by atoms with Crippen LogP contribution < -0.4 is 0 Å². The molecule has 0 bridgehead atoms. The molecule has 0 saturated heterocycles. The van der Waals surface area contributed by atoms with E-state index in [-0.39, 0.29) is 7.12 Å². The molecule has 0 amide bonds. The predicted molar refractivity (Wildman–Crippen MR) is 141 cm³/mol. The Balaban J connectivity index is 0.000000747. The van der Waals surface area contributed by atoms with Crippen LogP contribution in [0, 0.1) is 51.9 Å². The first-order valence-electron chi connectivity index (χ1n) is 10.5. The SMILES string of the molecule is CN(C)C(=P)N(C)C.Cc1cc(C)n([B-](n2nc(C)cc2C)n2nc(C)cc2C)n1.Cl[C]#[W+].[C-]#[O+]. The number of aryl methyl sites for hydroxylation is 6. The fourth-order valence-corrected chi connectivity index (χ4v) is 3.35. The number of hydrogen-bond donors (Lipinski definition) is 0. The van der Waals surface area contributed by atoms with Gasteiger partial charge in [0, 0.05) is 0 Å². The van der Waals surface area contributed by atoms with Crippen LogP contribution in [0.25, 0.3) is 0 Å². The third kappa shape index (κ3) is 10.0. The molecule has 189 valence electrons. The summed E-state index contributed by atoms with van der Waals surface area (Å²) in [6, 6.07) is 6.22. The summed E-state index contributed by atoms with van der Waals surface area (Å²) < 4.78 is 15.7. The molecule has 0 aliphatic heterocycles. The average molecular weight is 688 g/mol. The van der Waals surface area contributed by atoms with E-state index in [0.717, 1.165) is 39.7 Å². The zero-order chi connectivity index (χ0) is 27.5. The molecule has 0 saturated carbocycles. The summed E-state index contributed by atoms with van der Waals surface area (Å²) in [6.45, 7) is 16.7. The molecule has 1 radical (unpaired) electrons. The first-order valence-corrected chi connectivity index (χ1v) is 12.9. The van der Waals surface area contributed by atoms with Crippen LogP contribution in [0.4, 0.5) is 0 Å². The molecule has 0 aliphatic rings. The van der Waals surface area contributed by atoms with Crippen LogP contribution in [-0.2, 0) is 23.8 Å². The fourth-order valence-electron chi connectivity index (χ4n) is 3.35. The fraction of sp³-hybridized carbons (Fsp3) is 0.455. The van der Waals surface area contributed by atoms with Crippen molar-refractivity contribution in [3.63, 3.8) is 0 Å². The van der Waals surface area contributed by atoms with Crippen molar-refractivity contribution >= 4 is 33.1 Å². The van der Waals surface area contributed by atoms with Crippen LogP contribution in [0.15, 0.2) is 18.2 Å². The quantitative estimate of drug-likeness (QED) is 0.179. The van der Waals surface area contributed by atoms with Crippen molar-refractivity contribution in [2.45, 2.75) is 41.5 Å². The summed E-state index contributed by atoms with van der Waals surface area (Å²) in [4.78, 5) is 3.99. The first kappa shape index (κ1) is 33.3. The molecule has 9 nitrogen and oxygen atoms in total. The topological polar surface area (TPSA) is 79.8 Å². The summed E-state index contributed by atoms with van der Waals surface area (Å²) in [7, 11) is 11.2. The van der Waals surface area contributed by atoms with Crippen LogP contribution in [0.2, 0.25) is 0 Å². The molecular formula is C22H34BClN8OPW. The van der Waals surface area contributed by atoms with Crippen molar-refractivity contribution in [1.29, 1.82) is 0 Å². The molecule has 0 N–H and O–H groups in total. The van der Waals surface area contributed by atoms with E-state index < -0.39 is 0 Å². The van der Waals surface area contributed by atoms with Crippen LogP contribution in [-0.4, -0.2) is 79.7 Å². The van der Waals surface area contributed by atoms with Crippen molar-refractivity contribution in [3.05, 3.63) is 59.0 Å². The molecule has 13 heteroatoms. The molecule has 0 atom stereocenters. The van der Waals surface area contributed by atoms with E-state index in [1.807, 2.05) is 72.5 Å². The Labute approximate surface area is 227 Å². The van der Waals surface area contributed by atoms with E-state index in [9.17, 15) is 0 Å². The predicted octanol–water partition coefficient (Wildman–Crippen LogP) is 3.05. The molecule has 3 rings (SSSR count). The van der Waals surface area contributed by atoms with E-state index in [4.69, 9.17) is 16.3 Å². The van der Waals surface area contributed by atoms with Crippen LogP contribution >= 0.6 is 20.5 Å². The molecule has 3 heterocycles. The van der Waals surface area contributed by atoms with E-state index in [2.05, 4.69) is 73.4 Å². The van der Waals surface area contributed by atoms with Gasteiger partial charge in [-0.25, -0.2) is 15.3 Å². The van der Waals surface area contributed by atoms with Gasteiger partial charge in [0.15, 0.2) is 0 Å². The Hall–Kier alpha value is -1.72. The summed E-state index contributed by atoms with van der Waals surface area (Å²) in [5.74, 6) is 0. The maximum absolute atomic E-state index is 7.50. The van der Waals surface area contributed by atoms with Gasteiger partial charge in [-0.3, -0.25) is 9.80 Å². The Morgan fingerprint density at radius 1 is 0.829 bits per heavy atom. The van der Waals surface area contributed by atoms with E-state index >= 15 is 0 Å². The second-order valence-corrected chi connectivity index (χ2v) is 10.4. The molecule has 3 aromatic heterocycles. The molecule has 0 spiro atoms. The van der Waals surface area contributed by atoms with E-state index in [0.29, 0.717) is 0 Å². The van der Waals surface area contributed by atoms with Gasteiger partial charge in [-0.2, -0.15) is 0 Å². The number of rotatable bonds is 5. The van der Waals surface area contributed by atoms with Crippen LogP contribution in [0.1, 0.15) is 34.2 Å². The standard InChI is InChI=1S/C15H21BN6.C5H13N2P.CCl.CO.W/c1-10-7-13(4)20(17-10)16(21-14(5)8-11(2)18-21)22-15(6)9-12(3)19-22;1-6(2)5(8)7(3)4;2*1-2;/h7-9H,1-6H3;8H,1-4H3;;;/q-1;;;;+1. The monoisotopic (exact) mass is 687 g/mol. The normalized spacial score (nSPS) is 10.0. The van der Waals surface area contributed by atoms with Crippen molar-refractivity contribution in [3.8, 4) is 3.66 Å². The van der Waals surface area contributed by atoms with Crippen LogP contribution in [0.3, 0.4) is 0 Å². The van der Waals surface area contributed by atoms with Gasteiger partial charge in [0.1, 0.15) is 0 Å². The molecular weight excluding hydrogens is 653 g/mol. The number of hydrogen-bond acceptors (Lipinski definition) is 3. The molecule has 0 aromatic carbocycles. The summed E-state index contributed by atoms with van der Waals surface area (Å²) >= 11 is 5.97. The van der Waals surface area contributed by atoms with Crippen molar-refractivity contribution < 1.29 is 23.8 Å². The Kier molecular flexibility index (Phi) is 15.3. The minimum absolute atomic E-state index is 0.226.